The SMILES string of the molecule is CCc1cc(CC)c(-c2ccc(O)c(O)c2)c(O)c1CC. The number of hydrogen-bond acceptors (Lipinski definition) is 3. The number of aryl methyl sites for hydroxylation is 2. The van der Waals surface area contributed by atoms with Crippen molar-refractivity contribution in [1.29, 1.82) is 0 Å². The molecule has 0 saturated heterocycles. The van der Waals surface area contributed by atoms with Crippen LogP contribution in [0.15, 0.2) is 24.3 Å². The predicted molar refractivity (Wildman–Crippen MR) is 85.0 cm³/mol. The van der Waals surface area contributed by atoms with Crippen molar-refractivity contribution in [3.8, 4) is 28.4 Å². The van der Waals surface area contributed by atoms with Crippen LogP contribution in [0, 0.1) is 0 Å². The van der Waals surface area contributed by atoms with Gasteiger partial charge in [-0.25, -0.2) is 0 Å². The summed E-state index contributed by atoms with van der Waals surface area (Å²) in [5.74, 6) is -0.0393. The number of hydrogen-bond donors (Lipinski definition) is 3. The molecule has 3 N–H and O–H groups in total. The third kappa shape index (κ3) is 2.68. The molecular formula is C18H22O3. The van der Waals surface area contributed by atoms with Crippen molar-refractivity contribution in [3.63, 3.8) is 0 Å². The average molecular weight is 286 g/mol. The summed E-state index contributed by atoms with van der Waals surface area (Å²) in [4.78, 5) is 0. The van der Waals surface area contributed by atoms with Crippen LogP contribution < -0.4 is 0 Å². The Hall–Kier alpha value is -2.16. The van der Waals surface area contributed by atoms with Gasteiger partial charge in [-0.3, -0.25) is 0 Å². The van der Waals surface area contributed by atoms with Gasteiger partial charge < -0.3 is 15.3 Å². The molecule has 2 rings (SSSR count). The third-order valence-electron chi connectivity index (χ3n) is 3.96. The minimum absolute atomic E-state index is 0.155. The summed E-state index contributed by atoms with van der Waals surface area (Å²) in [5.41, 5.74) is 4.64. The van der Waals surface area contributed by atoms with E-state index in [1.54, 1.807) is 6.07 Å². The maximum Gasteiger partial charge on any atom is 0.158 e. The molecule has 2 aromatic carbocycles. The fraction of sp³-hybridized carbons (Fsp3) is 0.333. The van der Waals surface area contributed by atoms with Crippen LogP contribution in [0.1, 0.15) is 37.5 Å². The zero-order chi connectivity index (χ0) is 15.6. The van der Waals surface area contributed by atoms with Gasteiger partial charge in [0.1, 0.15) is 5.75 Å². The Morgan fingerprint density at radius 3 is 1.95 bits per heavy atom. The van der Waals surface area contributed by atoms with Crippen molar-refractivity contribution in [3.05, 3.63) is 41.0 Å². The Balaban J connectivity index is 2.74. The lowest BCUT2D eigenvalue weighted by Gasteiger charge is -2.18. The van der Waals surface area contributed by atoms with Crippen LogP contribution in [0.2, 0.25) is 0 Å². The van der Waals surface area contributed by atoms with E-state index in [0.29, 0.717) is 5.75 Å². The summed E-state index contributed by atoms with van der Waals surface area (Å²) in [5, 5.41) is 29.9. The Bertz CT molecular complexity index is 660. The minimum atomic E-state index is -0.174. The van der Waals surface area contributed by atoms with E-state index < -0.39 is 0 Å². The summed E-state index contributed by atoms with van der Waals surface area (Å²) in [7, 11) is 0. The highest BCUT2D eigenvalue weighted by atomic mass is 16.3. The van der Waals surface area contributed by atoms with Gasteiger partial charge in [-0.05, 0) is 53.6 Å². The van der Waals surface area contributed by atoms with Crippen LogP contribution in [0.5, 0.6) is 17.2 Å². The minimum Gasteiger partial charge on any atom is -0.507 e. The molecule has 0 unspecified atom stereocenters. The monoisotopic (exact) mass is 286 g/mol. The molecule has 0 spiro atoms. The topological polar surface area (TPSA) is 60.7 Å². The molecule has 0 aliphatic heterocycles. The van der Waals surface area contributed by atoms with Gasteiger partial charge in [0.15, 0.2) is 11.5 Å². The highest BCUT2D eigenvalue weighted by Crippen LogP contribution is 2.41. The molecule has 0 fully saturated rings. The first-order chi connectivity index (χ1) is 10.0. The number of phenols is 3. The predicted octanol–water partition coefficient (Wildman–Crippen LogP) is 4.16. The first-order valence-electron chi connectivity index (χ1n) is 7.42. The fourth-order valence-corrected chi connectivity index (χ4v) is 2.81. The molecule has 0 heterocycles. The highest BCUT2D eigenvalue weighted by Gasteiger charge is 2.17. The lowest BCUT2D eigenvalue weighted by atomic mass is 9.89. The molecule has 112 valence electrons. The van der Waals surface area contributed by atoms with Crippen molar-refractivity contribution in [2.24, 2.45) is 0 Å². The maximum absolute atomic E-state index is 10.7. The molecular weight excluding hydrogens is 264 g/mol. The van der Waals surface area contributed by atoms with E-state index in [1.807, 2.05) is 13.8 Å². The highest BCUT2D eigenvalue weighted by molar-refractivity contribution is 5.78. The second-order valence-electron chi connectivity index (χ2n) is 5.16. The van der Waals surface area contributed by atoms with Gasteiger partial charge in [0.05, 0.1) is 0 Å². The Morgan fingerprint density at radius 1 is 0.762 bits per heavy atom. The van der Waals surface area contributed by atoms with Crippen molar-refractivity contribution in [1.82, 2.24) is 0 Å². The molecule has 0 aliphatic rings. The second kappa shape index (κ2) is 6.08. The van der Waals surface area contributed by atoms with E-state index in [0.717, 1.165) is 41.5 Å². The molecule has 0 saturated carbocycles. The van der Waals surface area contributed by atoms with Gasteiger partial charge in [-0.2, -0.15) is 0 Å². The van der Waals surface area contributed by atoms with Gasteiger partial charge in [-0.15, -0.1) is 0 Å². The van der Waals surface area contributed by atoms with Crippen LogP contribution >= 0.6 is 0 Å². The molecule has 0 aromatic heterocycles. The zero-order valence-electron chi connectivity index (χ0n) is 12.8. The smallest absolute Gasteiger partial charge is 0.158 e. The second-order valence-corrected chi connectivity index (χ2v) is 5.16. The van der Waals surface area contributed by atoms with Crippen LogP contribution in [0.25, 0.3) is 11.1 Å². The van der Waals surface area contributed by atoms with E-state index >= 15 is 0 Å². The first kappa shape index (κ1) is 15.2. The van der Waals surface area contributed by atoms with Crippen LogP contribution in [-0.2, 0) is 19.3 Å². The van der Waals surface area contributed by atoms with E-state index in [9.17, 15) is 15.3 Å². The normalized spacial score (nSPS) is 10.8. The molecule has 2 aromatic rings. The number of phenolic OH excluding ortho intramolecular Hbond substituents is 3. The number of aromatic hydroxyl groups is 3. The lowest BCUT2D eigenvalue weighted by Crippen LogP contribution is -1.99. The van der Waals surface area contributed by atoms with Gasteiger partial charge in [0.25, 0.3) is 0 Å². The van der Waals surface area contributed by atoms with E-state index in [4.69, 9.17) is 0 Å². The Labute approximate surface area is 125 Å². The Kier molecular flexibility index (Phi) is 4.41. The molecule has 0 atom stereocenters. The zero-order valence-corrected chi connectivity index (χ0v) is 12.8. The number of rotatable bonds is 4. The van der Waals surface area contributed by atoms with Crippen LogP contribution in [0.3, 0.4) is 0 Å². The summed E-state index contributed by atoms with van der Waals surface area (Å²) in [6.45, 7) is 6.15. The molecule has 0 amide bonds. The molecule has 3 nitrogen and oxygen atoms in total. The molecule has 0 aliphatic carbocycles. The average Bonchev–Trinajstić information content (AvgIpc) is 2.49. The molecule has 0 bridgehead atoms. The molecule has 0 radical (unpaired) electrons. The Morgan fingerprint density at radius 2 is 1.43 bits per heavy atom. The number of benzene rings is 2. The standard InChI is InChI=1S/C18H22O3/c1-4-11-9-12(5-2)17(18(21)14(11)6-3)13-7-8-15(19)16(20)10-13/h7-10,19-21H,4-6H2,1-3H3. The first-order valence-corrected chi connectivity index (χ1v) is 7.42. The van der Waals surface area contributed by atoms with Crippen molar-refractivity contribution >= 4 is 0 Å². The van der Waals surface area contributed by atoms with Gasteiger partial charge in [0.2, 0.25) is 0 Å². The van der Waals surface area contributed by atoms with E-state index in [2.05, 4.69) is 13.0 Å². The lowest BCUT2D eigenvalue weighted by molar-refractivity contribution is 0.404. The van der Waals surface area contributed by atoms with Gasteiger partial charge in [0, 0.05) is 5.56 Å². The van der Waals surface area contributed by atoms with Crippen molar-refractivity contribution in [2.45, 2.75) is 40.0 Å². The third-order valence-corrected chi connectivity index (χ3v) is 3.96. The van der Waals surface area contributed by atoms with Crippen molar-refractivity contribution in [2.75, 3.05) is 0 Å². The maximum atomic E-state index is 10.7. The van der Waals surface area contributed by atoms with Crippen molar-refractivity contribution < 1.29 is 15.3 Å². The quantitative estimate of drug-likeness (QED) is 0.740. The molecule has 3 heteroatoms. The summed E-state index contributed by atoms with van der Waals surface area (Å²) in [6, 6.07) is 6.80. The summed E-state index contributed by atoms with van der Waals surface area (Å²) < 4.78 is 0. The van der Waals surface area contributed by atoms with Gasteiger partial charge >= 0.3 is 0 Å². The fourth-order valence-electron chi connectivity index (χ4n) is 2.81. The van der Waals surface area contributed by atoms with E-state index in [1.165, 1.54) is 17.7 Å². The summed E-state index contributed by atoms with van der Waals surface area (Å²) >= 11 is 0. The van der Waals surface area contributed by atoms with Crippen LogP contribution in [-0.4, -0.2) is 15.3 Å². The van der Waals surface area contributed by atoms with E-state index in [-0.39, 0.29) is 11.5 Å². The largest absolute Gasteiger partial charge is 0.507 e. The van der Waals surface area contributed by atoms with Crippen LogP contribution in [0.4, 0.5) is 0 Å². The molecule has 21 heavy (non-hydrogen) atoms. The summed E-state index contributed by atoms with van der Waals surface area (Å²) in [6.07, 6.45) is 2.43. The van der Waals surface area contributed by atoms with Gasteiger partial charge in [-0.1, -0.05) is 32.9 Å².